The molecule has 0 aliphatic rings. The predicted molar refractivity (Wildman–Crippen MR) is 90.7 cm³/mol. The molecular formula is C17H18N4O4. The fraction of sp³-hybridized carbons (Fsp3) is 0.294. The summed E-state index contributed by atoms with van der Waals surface area (Å²) in [6, 6.07) is 8.10. The molecule has 0 radical (unpaired) electrons. The first-order chi connectivity index (χ1) is 11.8. The fourth-order valence-electron chi connectivity index (χ4n) is 2.12. The first-order valence-electron chi connectivity index (χ1n) is 7.39. The van der Waals surface area contributed by atoms with E-state index in [9.17, 15) is 14.9 Å². The molecule has 1 aromatic carbocycles. The normalized spacial score (nSPS) is 10.8. The second-order valence-corrected chi connectivity index (χ2v) is 6.00. The number of methoxy groups -OCH3 is 1. The summed E-state index contributed by atoms with van der Waals surface area (Å²) in [5.74, 6) is -0.104. The SMILES string of the molecule is COC(=O)C(C)(C)COc1ccc(-c2cc(=O)[nH]c(N)n2)cc1C#N. The zero-order valence-electron chi connectivity index (χ0n) is 14.1. The van der Waals surface area contributed by atoms with Crippen LogP contribution in [-0.2, 0) is 9.53 Å². The summed E-state index contributed by atoms with van der Waals surface area (Å²) in [5, 5.41) is 9.35. The second-order valence-electron chi connectivity index (χ2n) is 6.00. The van der Waals surface area contributed by atoms with Gasteiger partial charge in [-0.25, -0.2) is 4.98 Å². The van der Waals surface area contributed by atoms with E-state index in [2.05, 4.69) is 9.97 Å². The average Bonchev–Trinajstić information content (AvgIpc) is 2.58. The van der Waals surface area contributed by atoms with Crippen molar-refractivity contribution in [3.8, 4) is 23.1 Å². The molecule has 0 bridgehead atoms. The molecular weight excluding hydrogens is 324 g/mol. The molecule has 0 fully saturated rings. The van der Waals surface area contributed by atoms with Crippen LogP contribution < -0.4 is 16.0 Å². The smallest absolute Gasteiger partial charge is 0.314 e. The molecule has 1 heterocycles. The van der Waals surface area contributed by atoms with Crippen LogP contribution in [0.15, 0.2) is 29.1 Å². The third-order valence-corrected chi connectivity index (χ3v) is 3.48. The quantitative estimate of drug-likeness (QED) is 0.786. The van der Waals surface area contributed by atoms with Gasteiger partial charge in [-0.05, 0) is 32.0 Å². The first-order valence-corrected chi connectivity index (χ1v) is 7.39. The Morgan fingerprint density at radius 1 is 1.40 bits per heavy atom. The summed E-state index contributed by atoms with van der Waals surface area (Å²) >= 11 is 0. The molecule has 0 unspecified atom stereocenters. The number of hydrogen-bond donors (Lipinski definition) is 2. The Balaban J connectivity index is 2.30. The van der Waals surface area contributed by atoms with Gasteiger partial charge in [0.15, 0.2) is 0 Å². The lowest BCUT2D eigenvalue weighted by atomic mass is 9.95. The van der Waals surface area contributed by atoms with Crippen LogP contribution in [0, 0.1) is 16.7 Å². The average molecular weight is 342 g/mol. The number of aromatic nitrogens is 2. The van der Waals surface area contributed by atoms with Crippen LogP contribution in [0.3, 0.4) is 0 Å². The molecule has 0 amide bonds. The molecule has 2 rings (SSSR count). The Kier molecular flexibility index (Phi) is 5.08. The van der Waals surface area contributed by atoms with Crippen molar-refractivity contribution >= 4 is 11.9 Å². The molecule has 2 aromatic rings. The highest BCUT2D eigenvalue weighted by Gasteiger charge is 2.30. The monoisotopic (exact) mass is 342 g/mol. The minimum atomic E-state index is -0.858. The summed E-state index contributed by atoms with van der Waals surface area (Å²) in [7, 11) is 1.31. The first kappa shape index (κ1) is 18.0. The summed E-state index contributed by atoms with van der Waals surface area (Å²) in [4.78, 5) is 29.6. The Morgan fingerprint density at radius 3 is 2.72 bits per heavy atom. The number of nitrogens with one attached hydrogen (secondary N) is 1. The zero-order valence-corrected chi connectivity index (χ0v) is 14.1. The topological polar surface area (TPSA) is 131 Å². The molecule has 0 spiro atoms. The zero-order chi connectivity index (χ0) is 18.6. The molecule has 0 atom stereocenters. The number of hydrogen-bond acceptors (Lipinski definition) is 7. The van der Waals surface area contributed by atoms with Crippen molar-refractivity contribution in [1.29, 1.82) is 5.26 Å². The van der Waals surface area contributed by atoms with Crippen LogP contribution in [0.5, 0.6) is 5.75 Å². The van der Waals surface area contributed by atoms with E-state index in [1.54, 1.807) is 32.0 Å². The lowest BCUT2D eigenvalue weighted by Crippen LogP contribution is -2.32. The lowest BCUT2D eigenvalue weighted by Gasteiger charge is -2.22. The van der Waals surface area contributed by atoms with Gasteiger partial charge in [-0.1, -0.05) is 0 Å². The van der Waals surface area contributed by atoms with Crippen molar-refractivity contribution in [3.63, 3.8) is 0 Å². The molecule has 0 aliphatic heterocycles. The maximum absolute atomic E-state index is 11.7. The van der Waals surface area contributed by atoms with Crippen LogP contribution in [0.2, 0.25) is 0 Å². The summed E-state index contributed by atoms with van der Waals surface area (Å²) in [6.07, 6.45) is 0. The Morgan fingerprint density at radius 2 is 2.12 bits per heavy atom. The number of ether oxygens (including phenoxy) is 2. The number of H-pyrrole nitrogens is 1. The highest BCUT2D eigenvalue weighted by molar-refractivity contribution is 5.76. The summed E-state index contributed by atoms with van der Waals surface area (Å²) in [5.41, 5.74) is 5.43. The van der Waals surface area contributed by atoms with Crippen molar-refractivity contribution in [2.45, 2.75) is 13.8 Å². The number of anilines is 1. The van der Waals surface area contributed by atoms with E-state index in [0.29, 0.717) is 17.0 Å². The van der Waals surface area contributed by atoms with E-state index in [4.69, 9.17) is 15.2 Å². The number of benzene rings is 1. The third-order valence-electron chi connectivity index (χ3n) is 3.48. The van der Waals surface area contributed by atoms with Gasteiger partial charge in [-0.15, -0.1) is 0 Å². The molecule has 0 saturated carbocycles. The van der Waals surface area contributed by atoms with Crippen molar-refractivity contribution in [2.75, 3.05) is 19.5 Å². The minimum absolute atomic E-state index is 0.0128. The molecule has 3 N–H and O–H groups in total. The standard InChI is InChI=1S/C17H18N4O4/c1-17(2,15(23)24-3)9-25-13-5-4-10(6-11(13)8-18)12-7-14(22)21-16(19)20-12/h4-7H,9H2,1-3H3,(H3,19,20,21,22). The van der Waals surface area contributed by atoms with Gasteiger partial charge in [0.05, 0.1) is 23.8 Å². The number of esters is 1. The summed E-state index contributed by atoms with van der Waals surface area (Å²) < 4.78 is 10.3. The number of rotatable bonds is 5. The molecule has 1 aromatic heterocycles. The van der Waals surface area contributed by atoms with Gasteiger partial charge >= 0.3 is 5.97 Å². The predicted octanol–water partition coefficient (Wildman–Crippen LogP) is 1.47. The van der Waals surface area contributed by atoms with E-state index in [1.165, 1.54) is 13.2 Å². The number of carbonyl (C=O) groups excluding carboxylic acids is 1. The van der Waals surface area contributed by atoms with E-state index in [1.807, 2.05) is 6.07 Å². The fourth-order valence-corrected chi connectivity index (χ4v) is 2.12. The molecule has 25 heavy (non-hydrogen) atoms. The van der Waals surface area contributed by atoms with Crippen LogP contribution >= 0.6 is 0 Å². The van der Waals surface area contributed by atoms with Crippen molar-refractivity contribution in [3.05, 3.63) is 40.2 Å². The maximum Gasteiger partial charge on any atom is 0.314 e. The van der Waals surface area contributed by atoms with Gasteiger partial charge in [0, 0.05) is 11.6 Å². The van der Waals surface area contributed by atoms with E-state index in [0.717, 1.165) is 0 Å². The van der Waals surface area contributed by atoms with Gasteiger partial charge in [0.2, 0.25) is 5.95 Å². The van der Waals surface area contributed by atoms with Gasteiger partial charge in [0.25, 0.3) is 5.56 Å². The Bertz CT molecular complexity index is 896. The van der Waals surface area contributed by atoms with Crippen molar-refractivity contribution < 1.29 is 14.3 Å². The Labute approximate surface area is 144 Å². The Hall–Kier alpha value is -3.34. The van der Waals surface area contributed by atoms with Crippen molar-refractivity contribution in [1.82, 2.24) is 9.97 Å². The number of carbonyl (C=O) groups is 1. The number of nitrogens with two attached hydrogens (primary N) is 1. The second kappa shape index (κ2) is 7.05. The van der Waals surface area contributed by atoms with E-state index in [-0.39, 0.29) is 23.7 Å². The van der Waals surface area contributed by atoms with E-state index < -0.39 is 11.4 Å². The number of nitrogen functional groups attached to an aromatic ring is 1. The molecule has 0 aliphatic carbocycles. The molecule has 130 valence electrons. The van der Waals surface area contributed by atoms with Gasteiger partial charge in [0.1, 0.15) is 18.4 Å². The van der Waals surface area contributed by atoms with Crippen LogP contribution in [0.4, 0.5) is 5.95 Å². The van der Waals surface area contributed by atoms with Crippen LogP contribution in [-0.4, -0.2) is 29.7 Å². The van der Waals surface area contributed by atoms with Crippen molar-refractivity contribution in [2.24, 2.45) is 5.41 Å². The number of nitrogens with zero attached hydrogens (tertiary/aromatic N) is 2. The molecule has 8 heteroatoms. The van der Waals surface area contributed by atoms with Gasteiger partial charge in [-0.3, -0.25) is 14.6 Å². The van der Waals surface area contributed by atoms with Crippen LogP contribution in [0.25, 0.3) is 11.3 Å². The van der Waals surface area contributed by atoms with Gasteiger partial charge < -0.3 is 15.2 Å². The van der Waals surface area contributed by atoms with Crippen LogP contribution in [0.1, 0.15) is 19.4 Å². The minimum Gasteiger partial charge on any atom is -0.491 e. The van der Waals surface area contributed by atoms with E-state index >= 15 is 0 Å². The lowest BCUT2D eigenvalue weighted by molar-refractivity contribution is -0.152. The largest absolute Gasteiger partial charge is 0.491 e. The highest BCUT2D eigenvalue weighted by Crippen LogP contribution is 2.27. The third kappa shape index (κ3) is 4.14. The molecule has 0 saturated heterocycles. The molecule has 8 nitrogen and oxygen atoms in total. The number of aromatic amines is 1. The maximum atomic E-state index is 11.7. The number of nitriles is 1. The highest BCUT2D eigenvalue weighted by atomic mass is 16.5. The summed E-state index contributed by atoms with van der Waals surface area (Å²) in [6.45, 7) is 3.41. The van der Waals surface area contributed by atoms with Gasteiger partial charge in [-0.2, -0.15) is 5.26 Å².